The van der Waals surface area contributed by atoms with Crippen LogP contribution in [0.3, 0.4) is 0 Å². The molecule has 1 nitrogen and oxygen atoms in total. The van der Waals surface area contributed by atoms with Gasteiger partial charge in [0.2, 0.25) is 0 Å². The summed E-state index contributed by atoms with van der Waals surface area (Å²) in [6, 6.07) is 13.0. The predicted molar refractivity (Wildman–Crippen MR) is 86.6 cm³/mol. The van der Waals surface area contributed by atoms with Crippen molar-refractivity contribution in [3.63, 3.8) is 0 Å². The zero-order valence-electron chi connectivity index (χ0n) is 11.4. The third kappa shape index (κ3) is 2.58. The zero-order valence-corrected chi connectivity index (χ0v) is 12.9. The van der Waals surface area contributed by atoms with Gasteiger partial charge in [-0.25, -0.2) is 0 Å². The number of halogens is 2. The molecule has 0 saturated heterocycles. The van der Waals surface area contributed by atoms with Gasteiger partial charge in [0.1, 0.15) is 0 Å². The molecular weight excluding hydrogens is 289 g/mol. The molecule has 0 fully saturated rings. The lowest BCUT2D eigenvalue weighted by atomic mass is 10.00. The molecule has 0 amide bonds. The molecule has 1 N–H and O–H groups in total. The van der Waals surface area contributed by atoms with Gasteiger partial charge in [0, 0.05) is 6.04 Å². The van der Waals surface area contributed by atoms with Crippen molar-refractivity contribution in [1.82, 2.24) is 5.32 Å². The molecule has 3 heteroatoms. The average Bonchev–Trinajstić information content (AvgIpc) is 2.85. The minimum atomic E-state index is 0.512. The Kier molecular flexibility index (Phi) is 4.02. The van der Waals surface area contributed by atoms with E-state index in [4.69, 9.17) is 23.2 Å². The summed E-state index contributed by atoms with van der Waals surface area (Å²) in [4.78, 5) is 0. The summed E-state index contributed by atoms with van der Waals surface area (Å²) in [5, 5.41) is 4.75. The van der Waals surface area contributed by atoms with Crippen molar-refractivity contribution in [2.45, 2.75) is 25.8 Å². The van der Waals surface area contributed by atoms with E-state index in [1.807, 2.05) is 18.2 Å². The van der Waals surface area contributed by atoms with Crippen LogP contribution in [-0.2, 0) is 6.42 Å². The molecule has 1 unspecified atom stereocenters. The van der Waals surface area contributed by atoms with Crippen molar-refractivity contribution in [2.24, 2.45) is 0 Å². The number of nitrogens with one attached hydrogen (secondary N) is 1. The Morgan fingerprint density at radius 1 is 1.05 bits per heavy atom. The minimum absolute atomic E-state index is 0.512. The first-order chi connectivity index (χ1) is 9.69. The molecule has 20 heavy (non-hydrogen) atoms. The minimum Gasteiger partial charge on any atom is -0.310 e. The van der Waals surface area contributed by atoms with E-state index in [9.17, 15) is 0 Å². The van der Waals surface area contributed by atoms with Crippen LogP contribution in [0.5, 0.6) is 0 Å². The summed E-state index contributed by atoms with van der Waals surface area (Å²) in [6.07, 6.45) is 2.33. The van der Waals surface area contributed by atoms with Crippen molar-refractivity contribution >= 4 is 23.2 Å². The highest BCUT2D eigenvalue weighted by Gasteiger charge is 2.21. The Morgan fingerprint density at radius 2 is 1.80 bits per heavy atom. The summed E-state index contributed by atoms with van der Waals surface area (Å²) in [5.41, 5.74) is 5.21. The molecule has 0 saturated carbocycles. The highest BCUT2D eigenvalue weighted by Crippen LogP contribution is 2.35. The summed E-state index contributed by atoms with van der Waals surface area (Å²) in [7, 11) is 0. The lowest BCUT2D eigenvalue weighted by Gasteiger charge is -2.13. The quantitative estimate of drug-likeness (QED) is 0.816. The molecule has 1 aliphatic rings. The molecule has 2 aromatic rings. The van der Waals surface area contributed by atoms with Crippen molar-refractivity contribution in [3.8, 4) is 11.1 Å². The van der Waals surface area contributed by atoms with E-state index >= 15 is 0 Å². The van der Waals surface area contributed by atoms with E-state index in [-0.39, 0.29) is 0 Å². The van der Waals surface area contributed by atoms with Crippen LogP contribution in [0.2, 0.25) is 10.0 Å². The van der Waals surface area contributed by atoms with Crippen LogP contribution in [0, 0.1) is 0 Å². The average molecular weight is 306 g/mol. The van der Waals surface area contributed by atoms with Crippen LogP contribution in [0.15, 0.2) is 36.4 Å². The highest BCUT2D eigenvalue weighted by molar-refractivity contribution is 6.42. The molecule has 0 radical (unpaired) electrons. The highest BCUT2D eigenvalue weighted by atomic mass is 35.5. The number of benzene rings is 2. The maximum Gasteiger partial charge on any atom is 0.0598 e. The monoisotopic (exact) mass is 305 g/mol. The molecule has 1 atom stereocenters. The molecule has 0 aromatic heterocycles. The van der Waals surface area contributed by atoms with E-state index in [0.29, 0.717) is 16.1 Å². The van der Waals surface area contributed by atoms with E-state index in [2.05, 4.69) is 30.4 Å². The first-order valence-electron chi connectivity index (χ1n) is 7.00. The number of rotatable bonds is 3. The smallest absolute Gasteiger partial charge is 0.0598 e. The Morgan fingerprint density at radius 3 is 2.55 bits per heavy atom. The first-order valence-corrected chi connectivity index (χ1v) is 7.76. The van der Waals surface area contributed by atoms with Gasteiger partial charge in [0.15, 0.2) is 0 Å². The maximum absolute atomic E-state index is 6.10. The van der Waals surface area contributed by atoms with E-state index in [1.165, 1.54) is 23.1 Å². The molecular formula is C17H17Cl2N. The summed E-state index contributed by atoms with van der Waals surface area (Å²) < 4.78 is 0. The molecule has 2 aromatic carbocycles. The van der Waals surface area contributed by atoms with Crippen LogP contribution in [0.1, 0.15) is 30.5 Å². The Hall–Kier alpha value is -1.02. The lowest BCUT2D eigenvalue weighted by Crippen LogP contribution is -2.18. The van der Waals surface area contributed by atoms with Gasteiger partial charge in [-0.05, 0) is 53.8 Å². The zero-order chi connectivity index (χ0) is 14.1. The van der Waals surface area contributed by atoms with Gasteiger partial charge in [-0.1, -0.05) is 54.4 Å². The second-order valence-corrected chi connectivity index (χ2v) is 6.01. The number of hydrogen-bond acceptors (Lipinski definition) is 1. The maximum atomic E-state index is 6.10. The predicted octanol–water partition coefficient (Wildman–Crippen LogP) is 5.26. The van der Waals surface area contributed by atoms with Gasteiger partial charge in [-0.15, -0.1) is 0 Å². The van der Waals surface area contributed by atoms with Crippen LogP contribution >= 0.6 is 23.2 Å². The first kappa shape index (κ1) is 13.9. The molecule has 104 valence electrons. The standard InChI is InChI=1S/C17H17Cl2N/c1-2-20-17-8-5-13-9-11(3-6-14(13)17)12-4-7-15(18)16(19)10-12/h3-4,6-7,9-10,17,20H,2,5,8H2,1H3. The van der Waals surface area contributed by atoms with Crippen LogP contribution in [0.4, 0.5) is 0 Å². The largest absolute Gasteiger partial charge is 0.310 e. The molecule has 0 spiro atoms. The van der Waals surface area contributed by atoms with Gasteiger partial charge in [0.05, 0.1) is 10.0 Å². The topological polar surface area (TPSA) is 12.0 Å². The van der Waals surface area contributed by atoms with Crippen LogP contribution in [-0.4, -0.2) is 6.54 Å². The number of fused-ring (bicyclic) bond motifs is 1. The third-order valence-electron chi connectivity index (χ3n) is 3.92. The SMILES string of the molecule is CCNC1CCc2cc(-c3ccc(Cl)c(Cl)c3)ccc21. The fourth-order valence-electron chi connectivity index (χ4n) is 2.93. The number of aryl methyl sites for hydroxylation is 1. The molecule has 3 rings (SSSR count). The Labute approximate surface area is 129 Å². The lowest BCUT2D eigenvalue weighted by molar-refractivity contribution is 0.549. The Bertz CT molecular complexity index is 637. The van der Waals surface area contributed by atoms with Gasteiger partial charge < -0.3 is 5.32 Å². The van der Waals surface area contributed by atoms with Crippen LogP contribution < -0.4 is 5.32 Å². The normalized spacial score (nSPS) is 17.2. The van der Waals surface area contributed by atoms with Crippen molar-refractivity contribution in [1.29, 1.82) is 0 Å². The van der Waals surface area contributed by atoms with Crippen LogP contribution in [0.25, 0.3) is 11.1 Å². The fraction of sp³-hybridized carbons (Fsp3) is 0.294. The van der Waals surface area contributed by atoms with Gasteiger partial charge in [0.25, 0.3) is 0 Å². The van der Waals surface area contributed by atoms with Crippen molar-refractivity contribution < 1.29 is 0 Å². The molecule has 0 aliphatic heterocycles. The Balaban J connectivity index is 1.95. The van der Waals surface area contributed by atoms with Gasteiger partial charge in [-0.3, -0.25) is 0 Å². The molecule has 0 heterocycles. The molecule has 0 bridgehead atoms. The summed E-state index contributed by atoms with van der Waals surface area (Å²) in [5.74, 6) is 0. The van der Waals surface area contributed by atoms with E-state index in [0.717, 1.165) is 18.5 Å². The van der Waals surface area contributed by atoms with Crippen molar-refractivity contribution in [3.05, 3.63) is 57.6 Å². The van der Waals surface area contributed by atoms with E-state index in [1.54, 1.807) is 0 Å². The van der Waals surface area contributed by atoms with Gasteiger partial charge >= 0.3 is 0 Å². The summed E-state index contributed by atoms with van der Waals surface area (Å²) in [6.45, 7) is 3.17. The number of hydrogen-bond donors (Lipinski definition) is 1. The van der Waals surface area contributed by atoms with Gasteiger partial charge in [-0.2, -0.15) is 0 Å². The van der Waals surface area contributed by atoms with E-state index < -0.39 is 0 Å². The second-order valence-electron chi connectivity index (χ2n) is 5.19. The fourth-order valence-corrected chi connectivity index (χ4v) is 3.23. The second kappa shape index (κ2) is 5.77. The third-order valence-corrected chi connectivity index (χ3v) is 4.66. The van der Waals surface area contributed by atoms with Crippen molar-refractivity contribution in [2.75, 3.05) is 6.54 Å². The summed E-state index contributed by atoms with van der Waals surface area (Å²) >= 11 is 12.1. The molecule has 1 aliphatic carbocycles.